The quantitative estimate of drug-likeness (QED) is 0.690. The molecule has 1 amide bonds. The van der Waals surface area contributed by atoms with E-state index in [-0.39, 0.29) is 23.5 Å². The van der Waals surface area contributed by atoms with Gasteiger partial charge in [0.15, 0.2) is 6.61 Å². The van der Waals surface area contributed by atoms with E-state index in [0.717, 1.165) is 4.47 Å². The zero-order chi connectivity index (χ0) is 19.3. The van der Waals surface area contributed by atoms with Crippen LogP contribution in [-0.2, 0) is 14.8 Å². The molecule has 2 N–H and O–H groups in total. The van der Waals surface area contributed by atoms with E-state index in [1.807, 2.05) is 12.1 Å². The first kappa shape index (κ1) is 20.4. The maximum Gasteiger partial charge on any atom is 0.262 e. The van der Waals surface area contributed by atoms with Crippen molar-refractivity contribution >= 4 is 37.5 Å². The molecule has 6 nitrogen and oxygen atoms in total. The van der Waals surface area contributed by atoms with Gasteiger partial charge in [-0.2, -0.15) is 0 Å². The number of halogens is 1. The molecule has 2 aromatic carbocycles. The number of anilines is 1. The summed E-state index contributed by atoms with van der Waals surface area (Å²) < 4.78 is 33.3. The number of rotatable bonds is 7. The van der Waals surface area contributed by atoms with Crippen LogP contribution in [0.1, 0.15) is 19.4 Å². The molecule has 0 spiro atoms. The third-order valence-corrected chi connectivity index (χ3v) is 5.52. The molecule has 0 aromatic heterocycles. The Morgan fingerprint density at radius 2 is 1.81 bits per heavy atom. The van der Waals surface area contributed by atoms with Crippen LogP contribution < -0.4 is 14.8 Å². The maximum absolute atomic E-state index is 12.2. The molecular formula is C18H21BrN2O4S. The molecule has 2 rings (SSSR count). The first-order chi connectivity index (χ1) is 12.2. The van der Waals surface area contributed by atoms with Crippen LogP contribution in [0, 0.1) is 6.92 Å². The molecule has 26 heavy (non-hydrogen) atoms. The fourth-order valence-corrected chi connectivity index (χ4v) is 3.80. The average Bonchev–Trinajstić information content (AvgIpc) is 2.54. The van der Waals surface area contributed by atoms with E-state index < -0.39 is 10.0 Å². The van der Waals surface area contributed by atoms with Crippen molar-refractivity contribution < 1.29 is 17.9 Å². The topological polar surface area (TPSA) is 84.5 Å². The Kier molecular flexibility index (Phi) is 6.80. The molecule has 0 atom stereocenters. The maximum atomic E-state index is 12.2. The van der Waals surface area contributed by atoms with Gasteiger partial charge >= 0.3 is 0 Å². The molecule has 0 heterocycles. The zero-order valence-electron chi connectivity index (χ0n) is 14.7. The van der Waals surface area contributed by atoms with Crippen molar-refractivity contribution in [1.29, 1.82) is 0 Å². The Balaban J connectivity index is 1.99. The van der Waals surface area contributed by atoms with Gasteiger partial charge in [0, 0.05) is 16.2 Å². The molecule has 140 valence electrons. The van der Waals surface area contributed by atoms with Gasteiger partial charge in [-0.3, -0.25) is 4.79 Å². The highest BCUT2D eigenvalue weighted by Gasteiger charge is 2.16. The van der Waals surface area contributed by atoms with Crippen molar-refractivity contribution in [2.45, 2.75) is 31.7 Å². The summed E-state index contributed by atoms with van der Waals surface area (Å²) in [6.45, 7) is 5.07. The molecule has 0 saturated carbocycles. The van der Waals surface area contributed by atoms with E-state index in [0.29, 0.717) is 17.0 Å². The Labute approximate surface area is 162 Å². The summed E-state index contributed by atoms with van der Waals surface area (Å²) in [5, 5.41) is 2.73. The first-order valence-electron chi connectivity index (χ1n) is 7.98. The lowest BCUT2D eigenvalue weighted by Gasteiger charge is -2.13. The fraction of sp³-hybridized carbons (Fsp3) is 0.278. The van der Waals surface area contributed by atoms with Gasteiger partial charge in [0.25, 0.3) is 5.91 Å². The standard InChI is InChI=1S/C18H21BrN2O4S/c1-12(2)21-26(23,24)16-8-9-17(13(3)10-16)25-11-18(22)20-15-6-4-14(19)5-7-15/h4-10,12,21H,11H2,1-3H3,(H,20,22). The van der Waals surface area contributed by atoms with Gasteiger partial charge < -0.3 is 10.1 Å². The monoisotopic (exact) mass is 440 g/mol. The van der Waals surface area contributed by atoms with Crippen LogP contribution in [-0.4, -0.2) is 27.0 Å². The van der Waals surface area contributed by atoms with E-state index in [9.17, 15) is 13.2 Å². The number of benzene rings is 2. The number of carbonyl (C=O) groups excluding carboxylic acids is 1. The number of nitrogens with one attached hydrogen (secondary N) is 2. The summed E-state index contributed by atoms with van der Waals surface area (Å²) in [6, 6.07) is 11.5. The number of amides is 1. The highest BCUT2D eigenvalue weighted by molar-refractivity contribution is 9.10. The molecule has 0 aliphatic carbocycles. The van der Waals surface area contributed by atoms with Crippen molar-refractivity contribution in [3.63, 3.8) is 0 Å². The van der Waals surface area contributed by atoms with Gasteiger partial charge in [0.1, 0.15) is 5.75 Å². The summed E-state index contributed by atoms with van der Waals surface area (Å²) in [4.78, 5) is 12.1. The Hall–Kier alpha value is -1.90. The Morgan fingerprint density at radius 3 is 2.38 bits per heavy atom. The van der Waals surface area contributed by atoms with E-state index >= 15 is 0 Å². The average molecular weight is 441 g/mol. The highest BCUT2D eigenvalue weighted by atomic mass is 79.9. The molecule has 0 aliphatic heterocycles. The van der Waals surface area contributed by atoms with Crippen molar-refractivity contribution in [3.05, 3.63) is 52.5 Å². The fourth-order valence-electron chi connectivity index (χ4n) is 2.20. The van der Waals surface area contributed by atoms with Gasteiger partial charge in [-0.05, 0) is 68.8 Å². The number of carbonyl (C=O) groups is 1. The van der Waals surface area contributed by atoms with Gasteiger partial charge in [-0.1, -0.05) is 15.9 Å². The SMILES string of the molecule is Cc1cc(S(=O)(=O)NC(C)C)ccc1OCC(=O)Nc1ccc(Br)cc1. The predicted octanol–water partition coefficient (Wildman–Crippen LogP) is 3.46. The second kappa shape index (κ2) is 8.66. The number of aryl methyl sites for hydroxylation is 1. The molecule has 0 saturated heterocycles. The van der Waals surface area contributed by atoms with Crippen LogP contribution >= 0.6 is 15.9 Å². The van der Waals surface area contributed by atoms with E-state index in [2.05, 4.69) is 26.0 Å². The lowest BCUT2D eigenvalue weighted by Crippen LogP contribution is -2.30. The largest absolute Gasteiger partial charge is 0.483 e. The van der Waals surface area contributed by atoms with Gasteiger partial charge in [-0.25, -0.2) is 13.1 Å². The summed E-state index contributed by atoms with van der Waals surface area (Å²) in [7, 11) is -3.56. The number of hydrogen-bond donors (Lipinski definition) is 2. The number of ether oxygens (including phenoxy) is 1. The normalized spacial score (nSPS) is 11.4. The van der Waals surface area contributed by atoms with Crippen molar-refractivity contribution in [3.8, 4) is 5.75 Å². The molecule has 0 fully saturated rings. The lowest BCUT2D eigenvalue weighted by molar-refractivity contribution is -0.118. The van der Waals surface area contributed by atoms with Crippen LogP contribution in [0.4, 0.5) is 5.69 Å². The second-order valence-electron chi connectivity index (χ2n) is 6.05. The molecule has 2 aromatic rings. The molecule has 0 unspecified atom stereocenters. The van der Waals surface area contributed by atoms with Gasteiger partial charge in [0.05, 0.1) is 4.90 Å². The first-order valence-corrected chi connectivity index (χ1v) is 10.3. The molecule has 0 aliphatic rings. The minimum Gasteiger partial charge on any atom is -0.483 e. The summed E-state index contributed by atoms with van der Waals surface area (Å²) in [6.07, 6.45) is 0. The Bertz CT molecular complexity index is 881. The van der Waals surface area contributed by atoms with Crippen molar-refractivity contribution in [1.82, 2.24) is 4.72 Å². The summed E-state index contributed by atoms with van der Waals surface area (Å²) >= 11 is 3.33. The lowest BCUT2D eigenvalue weighted by atomic mass is 10.2. The van der Waals surface area contributed by atoms with Gasteiger partial charge in [-0.15, -0.1) is 0 Å². The minimum absolute atomic E-state index is 0.162. The van der Waals surface area contributed by atoms with Crippen molar-refractivity contribution in [2.24, 2.45) is 0 Å². The third kappa shape index (κ3) is 5.82. The second-order valence-corrected chi connectivity index (χ2v) is 8.68. The minimum atomic E-state index is -3.56. The summed E-state index contributed by atoms with van der Waals surface area (Å²) in [5.41, 5.74) is 1.30. The highest BCUT2D eigenvalue weighted by Crippen LogP contribution is 2.22. The summed E-state index contributed by atoms with van der Waals surface area (Å²) in [5.74, 6) is 0.157. The number of sulfonamides is 1. The van der Waals surface area contributed by atoms with Crippen LogP contribution in [0.5, 0.6) is 5.75 Å². The zero-order valence-corrected chi connectivity index (χ0v) is 17.1. The van der Waals surface area contributed by atoms with Crippen LogP contribution in [0.25, 0.3) is 0 Å². The van der Waals surface area contributed by atoms with E-state index in [4.69, 9.17) is 4.74 Å². The smallest absolute Gasteiger partial charge is 0.262 e. The van der Waals surface area contributed by atoms with Crippen LogP contribution in [0.2, 0.25) is 0 Å². The molecular weight excluding hydrogens is 420 g/mol. The van der Waals surface area contributed by atoms with Crippen molar-refractivity contribution in [2.75, 3.05) is 11.9 Å². The molecule has 0 radical (unpaired) electrons. The van der Waals surface area contributed by atoms with Crippen LogP contribution in [0.15, 0.2) is 51.8 Å². The Morgan fingerprint density at radius 1 is 1.15 bits per heavy atom. The molecule has 8 heteroatoms. The number of hydrogen-bond acceptors (Lipinski definition) is 4. The van der Waals surface area contributed by atoms with Gasteiger partial charge in [0.2, 0.25) is 10.0 Å². The molecule has 0 bridgehead atoms. The predicted molar refractivity (Wildman–Crippen MR) is 105 cm³/mol. The van der Waals surface area contributed by atoms with Crippen LogP contribution in [0.3, 0.4) is 0 Å². The third-order valence-electron chi connectivity index (χ3n) is 3.33. The van der Waals surface area contributed by atoms with E-state index in [1.54, 1.807) is 39.0 Å². The van der Waals surface area contributed by atoms with E-state index in [1.165, 1.54) is 12.1 Å².